The van der Waals surface area contributed by atoms with Crippen molar-refractivity contribution in [3.05, 3.63) is 33.9 Å². The molecule has 0 aliphatic carbocycles. The fourth-order valence-electron chi connectivity index (χ4n) is 2.98. The van der Waals surface area contributed by atoms with Crippen LogP contribution in [0.2, 0.25) is 0 Å². The lowest BCUT2D eigenvalue weighted by Crippen LogP contribution is -2.47. The minimum Gasteiger partial charge on any atom is -0.384 e. The molecular formula is C16H24ClN3O4S. The smallest absolute Gasteiger partial charge is 0.283 e. The monoisotopic (exact) mass is 389 g/mol. The lowest BCUT2D eigenvalue weighted by molar-refractivity contribution is -0.387. The van der Waals surface area contributed by atoms with Gasteiger partial charge in [-0.2, -0.15) is 0 Å². The maximum atomic E-state index is 12.4. The minimum atomic E-state index is -0.457. The summed E-state index contributed by atoms with van der Waals surface area (Å²) in [6.45, 7) is 2.88. The average molecular weight is 390 g/mol. The Morgan fingerprint density at radius 3 is 2.68 bits per heavy atom. The number of nitrogens with zero attached hydrogens (tertiary/aromatic N) is 1. The Labute approximate surface area is 157 Å². The molecule has 7 nitrogen and oxygen atoms in total. The number of nitro groups is 1. The highest BCUT2D eigenvalue weighted by molar-refractivity contribution is 7.98. The molecule has 1 saturated heterocycles. The van der Waals surface area contributed by atoms with Crippen LogP contribution in [-0.2, 0) is 4.74 Å². The lowest BCUT2D eigenvalue weighted by atomic mass is 9.79. The molecule has 1 aromatic rings. The second-order valence-electron chi connectivity index (χ2n) is 6.01. The zero-order chi connectivity index (χ0) is 17.6. The number of methoxy groups -OCH3 is 1. The Kier molecular flexibility index (Phi) is 8.64. The first kappa shape index (κ1) is 21.7. The Balaban J connectivity index is 0.00000312. The fourth-order valence-corrected chi connectivity index (χ4v) is 3.53. The van der Waals surface area contributed by atoms with Gasteiger partial charge < -0.3 is 15.4 Å². The van der Waals surface area contributed by atoms with E-state index in [1.807, 2.05) is 0 Å². The standard InChI is InChI=1S/C16H23N3O4S.ClH/c1-23-11-16(5-7-17-8-6-16)10-18-15(20)12-3-4-14(24-2)13(9-12)19(21)22;/h3-4,9,17H,5-8,10-11H2,1-2H3,(H,18,20);1H. The Morgan fingerprint density at radius 2 is 2.12 bits per heavy atom. The summed E-state index contributed by atoms with van der Waals surface area (Å²) in [6.07, 6.45) is 3.62. The highest BCUT2D eigenvalue weighted by atomic mass is 35.5. The van der Waals surface area contributed by atoms with Crippen LogP contribution in [0.3, 0.4) is 0 Å². The summed E-state index contributed by atoms with van der Waals surface area (Å²) in [7, 11) is 1.66. The van der Waals surface area contributed by atoms with Gasteiger partial charge in [-0.1, -0.05) is 0 Å². The van der Waals surface area contributed by atoms with Crippen LogP contribution in [0.1, 0.15) is 23.2 Å². The number of nitro benzene ring substituents is 1. The summed E-state index contributed by atoms with van der Waals surface area (Å²) in [5, 5.41) is 17.4. The van der Waals surface area contributed by atoms with Crippen molar-refractivity contribution in [2.45, 2.75) is 17.7 Å². The number of benzene rings is 1. The van der Waals surface area contributed by atoms with E-state index in [0.29, 0.717) is 23.6 Å². The summed E-state index contributed by atoms with van der Waals surface area (Å²) in [6, 6.07) is 4.58. The molecular weight excluding hydrogens is 366 g/mol. The van der Waals surface area contributed by atoms with Crippen LogP contribution in [0, 0.1) is 15.5 Å². The topological polar surface area (TPSA) is 93.5 Å². The molecule has 1 fully saturated rings. The van der Waals surface area contributed by atoms with Crippen LogP contribution >= 0.6 is 24.2 Å². The maximum Gasteiger partial charge on any atom is 0.283 e. The summed E-state index contributed by atoms with van der Waals surface area (Å²) >= 11 is 1.29. The van der Waals surface area contributed by atoms with Crippen molar-refractivity contribution in [1.29, 1.82) is 0 Å². The molecule has 2 N–H and O–H groups in total. The second kappa shape index (κ2) is 9.96. The number of carbonyl (C=O) groups excluding carboxylic acids is 1. The van der Waals surface area contributed by atoms with E-state index >= 15 is 0 Å². The number of halogens is 1. The van der Waals surface area contributed by atoms with Crippen molar-refractivity contribution in [3.63, 3.8) is 0 Å². The minimum absolute atomic E-state index is 0. The fraction of sp³-hybridized carbons (Fsp3) is 0.562. The SMILES string of the molecule is COCC1(CNC(=O)c2ccc(SC)c([N+](=O)[O-])c2)CCNCC1.Cl. The third-order valence-corrected chi connectivity index (χ3v) is 5.16. The van der Waals surface area contributed by atoms with Crippen molar-refractivity contribution in [3.8, 4) is 0 Å². The Morgan fingerprint density at radius 1 is 1.44 bits per heavy atom. The first-order valence-electron chi connectivity index (χ1n) is 7.82. The lowest BCUT2D eigenvalue weighted by Gasteiger charge is -2.37. The number of amides is 1. The van der Waals surface area contributed by atoms with Crippen molar-refractivity contribution in [2.75, 3.05) is 39.6 Å². The molecule has 9 heteroatoms. The molecule has 1 aliphatic heterocycles. The zero-order valence-corrected chi connectivity index (χ0v) is 16.0. The van der Waals surface area contributed by atoms with E-state index in [2.05, 4.69) is 10.6 Å². The van der Waals surface area contributed by atoms with Crippen LogP contribution in [-0.4, -0.2) is 50.4 Å². The Bertz CT molecular complexity index is 604. The molecule has 1 aromatic carbocycles. The van der Waals surface area contributed by atoms with E-state index in [9.17, 15) is 14.9 Å². The predicted molar refractivity (Wildman–Crippen MR) is 101 cm³/mol. The summed E-state index contributed by atoms with van der Waals surface area (Å²) < 4.78 is 5.33. The van der Waals surface area contributed by atoms with E-state index in [0.717, 1.165) is 25.9 Å². The van der Waals surface area contributed by atoms with E-state index in [4.69, 9.17) is 4.74 Å². The third kappa shape index (κ3) is 5.57. The molecule has 2 rings (SSSR count). The molecule has 0 saturated carbocycles. The number of ether oxygens (including phenoxy) is 1. The van der Waals surface area contributed by atoms with Crippen LogP contribution in [0.15, 0.2) is 23.1 Å². The number of hydrogen-bond donors (Lipinski definition) is 2. The number of nitrogens with one attached hydrogen (secondary N) is 2. The van der Waals surface area contributed by atoms with Gasteiger partial charge in [0.15, 0.2) is 0 Å². The van der Waals surface area contributed by atoms with Crippen molar-refractivity contribution in [1.82, 2.24) is 10.6 Å². The van der Waals surface area contributed by atoms with E-state index in [1.165, 1.54) is 17.8 Å². The number of rotatable bonds is 7. The van der Waals surface area contributed by atoms with Crippen LogP contribution < -0.4 is 10.6 Å². The van der Waals surface area contributed by atoms with Gasteiger partial charge in [-0.05, 0) is 44.3 Å². The quantitative estimate of drug-likeness (QED) is 0.422. The number of hydrogen-bond acceptors (Lipinski definition) is 6. The first-order chi connectivity index (χ1) is 11.5. The van der Waals surface area contributed by atoms with Crippen LogP contribution in [0.25, 0.3) is 0 Å². The molecule has 0 spiro atoms. The van der Waals surface area contributed by atoms with Gasteiger partial charge in [0, 0.05) is 30.7 Å². The molecule has 0 radical (unpaired) electrons. The van der Waals surface area contributed by atoms with Gasteiger partial charge in [-0.3, -0.25) is 14.9 Å². The second-order valence-corrected chi connectivity index (χ2v) is 6.86. The number of piperidine rings is 1. The molecule has 25 heavy (non-hydrogen) atoms. The molecule has 0 bridgehead atoms. The van der Waals surface area contributed by atoms with Crippen molar-refractivity contribution >= 4 is 35.8 Å². The molecule has 1 amide bonds. The number of carbonyl (C=O) groups is 1. The molecule has 1 heterocycles. The van der Waals surface area contributed by atoms with Crippen molar-refractivity contribution in [2.24, 2.45) is 5.41 Å². The highest BCUT2D eigenvalue weighted by Crippen LogP contribution is 2.30. The van der Waals surface area contributed by atoms with E-state index in [1.54, 1.807) is 25.5 Å². The van der Waals surface area contributed by atoms with Gasteiger partial charge in [0.05, 0.1) is 16.4 Å². The van der Waals surface area contributed by atoms with Crippen LogP contribution in [0.5, 0.6) is 0 Å². The van der Waals surface area contributed by atoms with Gasteiger partial charge >= 0.3 is 0 Å². The molecule has 0 aromatic heterocycles. The first-order valence-corrected chi connectivity index (χ1v) is 9.04. The average Bonchev–Trinajstić information content (AvgIpc) is 2.60. The number of thioether (sulfide) groups is 1. The maximum absolute atomic E-state index is 12.4. The predicted octanol–water partition coefficient (Wildman–Crippen LogP) is 2.48. The van der Waals surface area contributed by atoms with Gasteiger partial charge in [-0.25, -0.2) is 0 Å². The van der Waals surface area contributed by atoms with Gasteiger partial charge in [-0.15, -0.1) is 24.2 Å². The van der Waals surface area contributed by atoms with E-state index < -0.39 is 4.92 Å². The zero-order valence-electron chi connectivity index (χ0n) is 14.4. The largest absolute Gasteiger partial charge is 0.384 e. The third-order valence-electron chi connectivity index (χ3n) is 4.38. The summed E-state index contributed by atoms with van der Waals surface area (Å²) in [4.78, 5) is 23.6. The molecule has 0 unspecified atom stereocenters. The van der Waals surface area contributed by atoms with E-state index in [-0.39, 0.29) is 29.4 Å². The molecule has 1 aliphatic rings. The van der Waals surface area contributed by atoms with Gasteiger partial charge in [0.1, 0.15) is 0 Å². The highest BCUT2D eigenvalue weighted by Gasteiger charge is 2.32. The Hall–Kier alpha value is -1.35. The van der Waals surface area contributed by atoms with Crippen LogP contribution in [0.4, 0.5) is 5.69 Å². The summed E-state index contributed by atoms with van der Waals surface area (Å²) in [5.41, 5.74) is 0.186. The van der Waals surface area contributed by atoms with Gasteiger partial charge in [0.25, 0.3) is 11.6 Å². The van der Waals surface area contributed by atoms with Gasteiger partial charge in [0.2, 0.25) is 0 Å². The summed E-state index contributed by atoms with van der Waals surface area (Å²) in [5.74, 6) is -0.292. The normalized spacial score (nSPS) is 15.9. The molecule has 0 atom stereocenters. The van der Waals surface area contributed by atoms with Crippen molar-refractivity contribution < 1.29 is 14.5 Å². The molecule has 140 valence electrons.